The van der Waals surface area contributed by atoms with Gasteiger partial charge in [0.25, 0.3) is 0 Å². The van der Waals surface area contributed by atoms with Crippen molar-refractivity contribution in [1.29, 1.82) is 0 Å². The molecule has 0 unspecified atom stereocenters. The van der Waals surface area contributed by atoms with Gasteiger partial charge in [0, 0.05) is 31.3 Å². The number of rotatable bonds is 2. The van der Waals surface area contributed by atoms with Crippen LogP contribution in [0.15, 0.2) is 6.20 Å². The lowest BCUT2D eigenvalue weighted by Crippen LogP contribution is -2.12. The SMILES string of the molecule is Cn1cc(CN)c(C2CCC2)n1. The molecular formula is C9H15N3. The van der Waals surface area contributed by atoms with E-state index in [1.54, 1.807) is 0 Å². The van der Waals surface area contributed by atoms with Crippen LogP contribution < -0.4 is 5.73 Å². The number of nitrogens with two attached hydrogens (primary N) is 1. The van der Waals surface area contributed by atoms with Gasteiger partial charge in [-0.05, 0) is 12.8 Å². The average molecular weight is 165 g/mol. The first-order valence-electron chi connectivity index (χ1n) is 4.53. The Labute approximate surface area is 72.6 Å². The van der Waals surface area contributed by atoms with Crippen LogP contribution in [0.4, 0.5) is 0 Å². The Morgan fingerprint density at radius 1 is 1.67 bits per heavy atom. The van der Waals surface area contributed by atoms with Crippen LogP contribution in [0.2, 0.25) is 0 Å². The highest BCUT2D eigenvalue weighted by atomic mass is 15.3. The van der Waals surface area contributed by atoms with Gasteiger partial charge in [-0.15, -0.1) is 0 Å². The summed E-state index contributed by atoms with van der Waals surface area (Å²) in [5, 5.41) is 4.44. The van der Waals surface area contributed by atoms with Crippen LogP contribution in [0, 0.1) is 0 Å². The first kappa shape index (κ1) is 7.80. The molecule has 0 amide bonds. The Balaban J connectivity index is 2.27. The van der Waals surface area contributed by atoms with E-state index in [-0.39, 0.29) is 0 Å². The number of hydrogen-bond acceptors (Lipinski definition) is 2. The summed E-state index contributed by atoms with van der Waals surface area (Å²) in [7, 11) is 1.96. The van der Waals surface area contributed by atoms with Gasteiger partial charge in [-0.25, -0.2) is 0 Å². The Kier molecular flexibility index (Phi) is 1.89. The van der Waals surface area contributed by atoms with Crippen molar-refractivity contribution in [2.45, 2.75) is 31.7 Å². The van der Waals surface area contributed by atoms with E-state index >= 15 is 0 Å². The first-order valence-corrected chi connectivity index (χ1v) is 4.53. The van der Waals surface area contributed by atoms with Crippen molar-refractivity contribution in [3.8, 4) is 0 Å². The fourth-order valence-corrected chi connectivity index (χ4v) is 1.74. The van der Waals surface area contributed by atoms with E-state index in [1.807, 2.05) is 17.9 Å². The molecule has 12 heavy (non-hydrogen) atoms. The molecule has 3 nitrogen and oxygen atoms in total. The lowest BCUT2D eigenvalue weighted by atomic mass is 9.82. The summed E-state index contributed by atoms with van der Waals surface area (Å²) in [4.78, 5) is 0. The second-order valence-electron chi connectivity index (χ2n) is 3.55. The zero-order valence-electron chi connectivity index (χ0n) is 7.45. The third-order valence-electron chi connectivity index (χ3n) is 2.65. The van der Waals surface area contributed by atoms with Crippen LogP contribution >= 0.6 is 0 Å². The average Bonchev–Trinajstić information content (AvgIpc) is 2.27. The molecule has 3 heteroatoms. The quantitative estimate of drug-likeness (QED) is 0.714. The fraction of sp³-hybridized carbons (Fsp3) is 0.667. The van der Waals surface area contributed by atoms with E-state index in [9.17, 15) is 0 Å². The van der Waals surface area contributed by atoms with Gasteiger partial charge >= 0.3 is 0 Å². The van der Waals surface area contributed by atoms with Crippen molar-refractivity contribution < 1.29 is 0 Å². The Morgan fingerprint density at radius 3 is 2.92 bits per heavy atom. The van der Waals surface area contributed by atoms with Gasteiger partial charge < -0.3 is 5.73 Å². The van der Waals surface area contributed by atoms with Crippen LogP contribution in [-0.4, -0.2) is 9.78 Å². The molecule has 1 aromatic heterocycles. The van der Waals surface area contributed by atoms with Crippen LogP contribution in [0.3, 0.4) is 0 Å². The molecule has 1 aromatic rings. The van der Waals surface area contributed by atoms with Crippen molar-refractivity contribution >= 4 is 0 Å². The number of aromatic nitrogens is 2. The molecule has 0 saturated heterocycles. The highest BCUT2D eigenvalue weighted by Crippen LogP contribution is 2.36. The molecule has 0 radical (unpaired) electrons. The first-order chi connectivity index (χ1) is 5.81. The number of hydrogen-bond donors (Lipinski definition) is 1. The summed E-state index contributed by atoms with van der Waals surface area (Å²) >= 11 is 0. The van der Waals surface area contributed by atoms with E-state index in [0.717, 1.165) is 0 Å². The molecule has 1 aliphatic carbocycles. The molecule has 0 atom stereocenters. The highest BCUT2D eigenvalue weighted by molar-refractivity contribution is 5.22. The summed E-state index contributed by atoms with van der Waals surface area (Å²) < 4.78 is 1.87. The van der Waals surface area contributed by atoms with E-state index in [2.05, 4.69) is 5.10 Å². The topological polar surface area (TPSA) is 43.8 Å². The van der Waals surface area contributed by atoms with Gasteiger partial charge in [0.1, 0.15) is 0 Å². The minimum absolute atomic E-state index is 0.625. The van der Waals surface area contributed by atoms with Crippen LogP contribution in [0.1, 0.15) is 36.4 Å². The molecule has 0 aliphatic heterocycles. The Morgan fingerprint density at radius 2 is 2.42 bits per heavy atom. The molecule has 0 bridgehead atoms. The van der Waals surface area contributed by atoms with Gasteiger partial charge in [-0.3, -0.25) is 4.68 Å². The minimum Gasteiger partial charge on any atom is -0.326 e. The molecule has 2 N–H and O–H groups in total. The zero-order valence-corrected chi connectivity index (χ0v) is 7.45. The van der Waals surface area contributed by atoms with Crippen molar-refractivity contribution in [2.75, 3.05) is 0 Å². The highest BCUT2D eigenvalue weighted by Gasteiger charge is 2.24. The van der Waals surface area contributed by atoms with Crippen molar-refractivity contribution in [3.63, 3.8) is 0 Å². The third-order valence-corrected chi connectivity index (χ3v) is 2.65. The standard InChI is InChI=1S/C9H15N3/c1-12-6-8(5-10)9(11-12)7-3-2-4-7/h6-7H,2-5,10H2,1H3. The third kappa shape index (κ3) is 1.14. The van der Waals surface area contributed by atoms with Gasteiger partial charge in [-0.1, -0.05) is 6.42 Å². The molecule has 0 spiro atoms. The number of nitrogens with zero attached hydrogens (tertiary/aromatic N) is 2. The van der Waals surface area contributed by atoms with E-state index < -0.39 is 0 Å². The molecule has 0 aromatic carbocycles. The molecule has 1 heterocycles. The predicted molar refractivity (Wildman–Crippen MR) is 47.7 cm³/mol. The van der Waals surface area contributed by atoms with Gasteiger partial charge in [0.05, 0.1) is 5.69 Å². The minimum atomic E-state index is 0.625. The zero-order chi connectivity index (χ0) is 8.55. The Bertz CT molecular complexity index is 273. The van der Waals surface area contributed by atoms with E-state index in [0.29, 0.717) is 12.5 Å². The molecule has 1 aliphatic rings. The van der Waals surface area contributed by atoms with Crippen molar-refractivity contribution in [3.05, 3.63) is 17.5 Å². The van der Waals surface area contributed by atoms with Gasteiger partial charge in [0.2, 0.25) is 0 Å². The van der Waals surface area contributed by atoms with Crippen molar-refractivity contribution in [2.24, 2.45) is 12.8 Å². The molecule has 66 valence electrons. The summed E-state index contributed by atoms with van der Waals surface area (Å²) in [6.07, 6.45) is 5.98. The van der Waals surface area contributed by atoms with Gasteiger partial charge in [-0.2, -0.15) is 5.10 Å². The largest absolute Gasteiger partial charge is 0.326 e. The van der Waals surface area contributed by atoms with Crippen LogP contribution in [0.5, 0.6) is 0 Å². The van der Waals surface area contributed by atoms with Crippen LogP contribution in [-0.2, 0) is 13.6 Å². The predicted octanol–water partition coefficient (Wildman–Crippen LogP) is 1.15. The Hall–Kier alpha value is -0.830. The summed E-state index contributed by atoms with van der Waals surface area (Å²) in [5.74, 6) is 0.699. The van der Waals surface area contributed by atoms with Gasteiger partial charge in [0.15, 0.2) is 0 Å². The normalized spacial score (nSPS) is 17.8. The molecule has 1 fully saturated rings. The van der Waals surface area contributed by atoms with Crippen molar-refractivity contribution in [1.82, 2.24) is 9.78 Å². The maximum atomic E-state index is 5.63. The lowest BCUT2D eigenvalue weighted by Gasteiger charge is -2.24. The summed E-state index contributed by atoms with van der Waals surface area (Å²) in [6, 6.07) is 0. The van der Waals surface area contributed by atoms with E-state index in [1.165, 1.54) is 30.5 Å². The smallest absolute Gasteiger partial charge is 0.0700 e. The lowest BCUT2D eigenvalue weighted by molar-refractivity contribution is 0.405. The second kappa shape index (κ2) is 2.90. The summed E-state index contributed by atoms with van der Waals surface area (Å²) in [6.45, 7) is 0.625. The fourth-order valence-electron chi connectivity index (χ4n) is 1.74. The molecular weight excluding hydrogens is 150 g/mol. The monoisotopic (exact) mass is 165 g/mol. The molecule has 2 rings (SSSR count). The number of aryl methyl sites for hydroxylation is 1. The second-order valence-corrected chi connectivity index (χ2v) is 3.55. The summed E-state index contributed by atoms with van der Waals surface area (Å²) in [5.41, 5.74) is 8.09. The van der Waals surface area contributed by atoms with Crippen LogP contribution in [0.25, 0.3) is 0 Å². The molecule has 1 saturated carbocycles. The maximum absolute atomic E-state index is 5.63. The van der Waals surface area contributed by atoms with E-state index in [4.69, 9.17) is 5.73 Å². The maximum Gasteiger partial charge on any atom is 0.0700 e.